The molecule has 1 aromatic heterocycles. The summed E-state index contributed by atoms with van der Waals surface area (Å²) in [7, 11) is 0. The lowest BCUT2D eigenvalue weighted by Gasteiger charge is -2.46. The number of carbonyl (C=O) groups is 1. The smallest absolute Gasteiger partial charge is 0.335 e. The fraction of sp³-hybridized carbons (Fsp3) is 0.423. The lowest BCUT2D eigenvalue weighted by Crippen LogP contribution is -2.54. The topological polar surface area (TPSA) is 103 Å². The van der Waals surface area contributed by atoms with Crippen molar-refractivity contribution in [1.82, 2.24) is 4.57 Å². The Morgan fingerprint density at radius 2 is 1.97 bits per heavy atom. The molecule has 0 radical (unpaired) electrons. The SMILES string of the molecule is CC1(C)COc2cc(C(=O)O)cc3c2C1[C@](N)(c1cc2ccccc2n1CC1CC1)C3N. The van der Waals surface area contributed by atoms with Gasteiger partial charge in [0.25, 0.3) is 0 Å². The van der Waals surface area contributed by atoms with Crippen LogP contribution in [0.1, 0.15) is 65.8 Å². The second-order valence-electron chi connectivity index (χ2n) is 10.5. The molecule has 3 aromatic rings. The first-order chi connectivity index (χ1) is 15.2. The maximum absolute atomic E-state index is 11.8. The zero-order chi connectivity index (χ0) is 22.4. The van der Waals surface area contributed by atoms with E-state index in [2.05, 4.69) is 48.7 Å². The van der Waals surface area contributed by atoms with Crippen LogP contribution in [0.5, 0.6) is 5.75 Å². The summed E-state index contributed by atoms with van der Waals surface area (Å²) >= 11 is 0. The third-order valence-electron chi connectivity index (χ3n) is 7.81. The average molecular weight is 432 g/mol. The Bertz CT molecular complexity index is 1270. The van der Waals surface area contributed by atoms with Gasteiger partial charge in [-0.05, 0) is 54.0 Å². The summed E-state index contributed by atoms with van der Waals surface area (Å²) in [6, 6.07) is 13.4. The molecule has 32 heavy (non-hydrogen) atoms. The summed E-state index contributed by atoms with van der Waals surface area (Å²) in [6.07, 6.45) is 2.48. The van der Waals surface area contributed by atoms with E-state index in [9.17, 15) is 9.90 Å². The summed E-state index contributed by atoms with van der Waals surface area (Å²) < 4.78 is 8.46. The van der Waals surface area contributed by atoms with Crippen molar-refractivity contribution >= 4 is 16.9 Å². The number of nitrogens with zero attached hydrogens (tertiary/aromatic N) is 1. The molecule has 1 aliphatic heterocycles. The largest absolute Gasteiger partial charge is 0.493 e. The highest BCUT2D eigenvalue weighted by atomic mass is 16.5. The van der Waals surface area contributed by atoms with Gasteiger partial charge in [0.2, 0.25) is 0 Å². The van der Waals surface area contributed by atoms with E-state index in [4.69, 9.17) is 16.2 Å². The number of nitrogens with two attached hydrogens (primary N) is 2. The van der Waals surface area contributed by atoms with Crippen LogP contribution in [-0.2, 0) is 12.1 Å². The highest BCUT2D eigenvalue weighted by Gasteiger charge is 2.60. The predicted molar refractivity (Wildman–Crippen MR) is 123 cm³/mol. The van der Waals surface area contributed by atoms with E-state index in [1.165, 1.54) is 18.4 Å². The maximum atomic E-state index is 11.8. The first-order valence-electron chi connectivity index (χ1n) is 11.4. The van der Waals surface area contributed by atoms with Crippen LogP contribution in [0.25, 0.3) is 10.9 Å². The second-order valence-corrected chi connectivity index (χ2v) is 10.5. The Kier molecular flexibility index (Phi) is 3.94. The molecule has 0 bridgehead atoms. The molecular formula is C26H29N3O3. The summed E-state index contributed by atoms with van der Waals surface area (Å²) in [5.74, 6) is 0.203. The molecule has 2 aliphatic carbocycles. The van der Waals surface area contributed by atoms with Crippen LogP contribution in [0, 0.1) is 11.3 Å². The lowest BCUT2D eigenvalue weighted by molar-refractivity contribution is 0.0692. The van der Waals surface area contributed by atoms with Crippen molar-refractivity contribution < 1.29 is 14.6 Å². The summed E-state index contributed by atoms with van der Waals surface area (Å²) in [5, 5.41) is 10.8. The van der Waals surface area contributed by atoms with Crippen LogP contribution in [0.2, 0.25) is 0 Å². The fourth-order valence-corrected chi connectivity index (χ4v) is 6.15. The number of ether oxygens (including phenoxy) is 1. The van der Waals surface area contributed by atoms with Crippen molar-refractivity contribution in [2.75, 3.05) is 6.61 Å². The van der Waals surface area contributed by atoms with E-state index in [0.717, 1.165) is 28.8 Å². The van der Waals surface area contributed by atoms with E-state index >= 15 is 0 Å². The Morgan fingerprint density at radius 3 is 2.69 bits per heavy atom. The Labute approximate surface area is 187 Å². The van der Waals surface area contributed by atoms with Crippen LogP contribution >= 0.6 is 0 Å². The zero-order valence-electron chi connectivity index (χ0n) is 18.5. The first kappa shape index (κ1) is 19.8. The van der Waals surface area contributed by atoms with Gasteiger partial charge in [0.15, 0.2) is 0 Å². The van der Waals surface area contributed by atoms with Crippen LogP contribution in [0.15, 0.2) is 42.5 Å². The highest BCUT2D eigenvalue weighted by molar-refractivity contribution is 5.89. The number of fused-ring (bicyclic) bond motifs is 1. The van der Waals surface area contributed by atoms with Gasteiger partial charge in [-0.2, -0.15) is 0 Å². The minimum absolute atomic E-state index is 0.0890. The number of aromatic carboxylic acids is 1. The third kappa shape index (κ3) is 2.57. The number of carboxylic acids is 1. The van der Waals surface area contributed by atoms with Crippen LogP contribution in [-0.4, -0.2) is 22.2 Å². The lowest BCUT2D eigenvalue weighted by atomic mass is 9.65. The molecule has 0 spiro atoms. The monoisotopic (exact) mass is 431 g/mol. The van der Waals surface area contributed by atoms with Gasteiger partial charge >= 0.3 is 5.97 Å². The molecule has 1 fully saturated rings. The number of aromatic nitrogens is 1. The normalized spacial score (nSPS) is 27.9. The quantitative estimate of drug-likeness (QED) is 0.577. The third-order valence-corrected chi connectivity index (χ3v) is 7.81. The fourth-order valence-electron chi connectivity index (χ4n) is 6.15. The van der Waals surface area contributed by atoms with E-state index in [1.807, 2.05) is 0 Å². The molecule has 5 N–H and O–H groups in total. The van der Waals surface area contributed by atoms with Crippen molar-refractivity contribution in [3.8, 4) is 5.75 Å². The van der Waals surface area contributed by atoms with Gasteiger partial charge < -0.3 is 25.9 Å². The Hall–Kier alpha value is -2.83. The molecule has 2 unspecified atom stereocenters. The molecule has 1 saturated carbocycles. The van der Waals surface area contributed by atoms with Gasteiger partial charge in [0.05, 0.1) is 23.8 Å². The number of rotatable bonds is 4. The van der Waals surface area contributed by atoms with E-state index in [0.29, 0.717) is 18.3 Å². The van der Waals surface area contributed by atoms with Crippen molar-refractivity contribution in [1.29, 1.82) is 0 Å². The molecule has 0 saturated heterocycles. The summed E-state index contributed by atoms with van der Waals surface area (Å²) in [6.45, 7) is 5.73. The first-order valence-corrected chi connectivity index (χ1v) is 11.4. The molecule has 6 nitrogen and oxygen atoms in total. The number of hydrogen-bond acceptors (Lipinski definition) is 4. The number of para-hydroxylation sites is 1. The number of hydrogen-bond donors (Lipinski definition) is 3. The molecule has 2 aromatic carbocycles. The standard InChI is InChI=1S/C26H29N3O3/c1-25(2)13-32-19-10-16(24(30)31)9-17-21(19)22(25)26(28,23(17)27)20-11-15-5-3-4-6-18(15)29(20)12-14-7-8-14/h3-6,9-11,14,22-23H,7-8,12-13,27-28H2,1-2H3,(H,30,31)/t22?,23?,26-/m1/s1. The number of benzene rings is 2. The van der Waals surface area contributed by atoms with Crippen molar-refractivity contribution in [3.63, 3.8) is 0 Å². The van der Waals surface area contributed by atoms with Gasteiger partial charge in [-0.15, -0.1) is 0 Å². The summed E-state index contributed by atoms with van der Waals surface area (Å²) in [5.41, 5.74) is 17.4. The van der Waals surface area contributed by atoms with Crippen LogP contribution in [0.4, 0.5) is 0 Å². The van der Waals surface area contributed by atoms with Crippen molar-refractivity contribution in [2.24, 2.45) is 22.8 Å². The van der Waals surface area contributed by atoms with E-state index < -0.39 is 17.6 Å². The molecule has 0 amide bonds. The minimum Gasteiger partial charge on any atom is -0.493 e. The molecule has 2 heterocycles. The summed E-state index contributed by atoms with van der Waals surface area (Å²) in [4.78, 5) is 11.8. The van der Waals surface area contributed by atoms with Gasteiger partial charge in [-0.3, -0.25) is 0 Å². The average Bonchev–Trinajstić information content (AvgIpc) is 3.45. The Morgan fingerprint density at radius 1 is 1.22 bits per heavy atom. The molecular weight excluding hydrogens is 402 g/mol. The Balaban J connectivity index is 1.63. The van der Waals surface area contributed by atoms with E-state index in [-0.39, 0.29) is 16.9 Å². The maximum Gasteiger partial charge on any atom is 0.335 e. The van der Waals surface area contributed by atoms with Crippen LogP contribution in [0.3, 0.4) is 0 Å². The highest BCUT2D eigenvalue weighted by Crippen LogP contribution is 2.63. The van der Waals surface area contributed by atoms with Crippen molar-refractivity contribution in [2.45, 2.75) is 50.7 Å². The molecule has 166 valence electrons. The van der Waals surface area contributed by atoms with Gasteiger partial charge in [-0.25, -0.2) is 4.79 Å². The number of carboxylic acid groups (broad SMARTS) is 1. The van der Waals surface area contributed by atoms with E-state index in [1.54, 1.807) is 12.1 Å². The van der Waals surface area contributed by atoms with Gasteiger partial charge in [0, 0.05) is 34.7 Å². The van der Waals surface area contributed by atoms with Gasteiger partial charge in [-0.1, -0.05) is 32.0 Å². The van der Waals surface area contributed by atoms with Crippen molar-refractivity contribution in [3.05, 3.63) is 64.8 Å². The molecule has 6 rings (SSSR count). The molecule has 3 atom stereocenters. The second kappa shape index (κ2) is 6.36. The minimum atomic E-state index is -0.987. The zero-order valence-corrected chi connectivity index (χ0v) is 18.5. The van der Waals surface area contributed by atoms with Gasteiger partial charge in [0.1, 0.15) is 5.75 Å². The predicted octanol–water partition coefficient (Wildman–Crippen LogP) is 4.12. The molecule has 6 heteroatoms. The molecule has 3 aliphatic rings. The van der Waals surface area contributed by atoms with Crippen LogP contribution < -0.4 is 16.2 Å².